The highest BCUT2D eigenvalue weighted by Crippen LogP contribution is 2.54. The van der Waals surface area contributed by atoms with Gasteiger partial charge in [0.25, 0.3) is 0 Å². The molecule has 1 N–H and O–H groups in total. The highest BCUT2D eigenvalue weighted by atomic mass is 32.2. The number of carbonyl (C=O) groups is 3. The molecule has 2 aliphatic heterocycles. The summed E-state index contributed by atoms with van der Waals surface area (Å²) >= 11 is 2.16. The molecule has 8 nitrogen and oxygen atoms in total. The summed E-state index contributed by atoms with van der Waals surface area (Å²) in [5.41, 5.74) is 3.74. The first-order chi connectivity index (χ1) is 21.2. The van der Waals surface area contributed by atoms with E-state index in [1.807, 2.05) is 49.4 Å². The zero-order chi connectivity index (χ0) is 31.1. The minimum Gasteiger partial charge on any atom is -0.372 e. The number of rotatable bonds is 8. The summed E-state index contributed by atoms with van der Waals surface area (Å²) in [4.78, 5) is 58.1. The standard InChI is InChI=1S/C33H31FN4O4S2/c1-4-36(5-2)23-13-9-20(10-14-23)26-27-28(31(41)38(30(27)40)24-15-11-21(34)12-16-24)43-32-29(26)44-33(42)37(32)18-25(39)35-22-8-6-7-19(3)17-22/h6-17,26-28H,4-5,18H2,1-3H3,(H,35,39)/t26-,27-,28+/m0/s1. The number of aryl methyl sites for hydroxylation is 1. The van der Waals surface area contributed by atoms with Gasteiger partial charge in [0.1, 0.15) is 17.6 Å². The summed E-state index contributed by atoms with van der Waals surface area (Å²) in [6.07, 6.45) is 0. The Bertz CT molecular complexity index is 1800. The largest absolute Gasteiger partial charge is 0.372 e. The van der Waals surface area contributed by atoms with Crippen LogP contribution in [-0.2, 0) is 20.9 Å². The van der Waals surface area contributed by atoms with Crippen LogP contribution in [-0.4, -0.2) is 40.6 Å². The fourth-order valence-corrected chi connectivity index (χ4v) is 8.78. The Morgan fingerprint density at radius 3 is 2.32 bits per heavy atom. The average Bonchev–Trinajstić information content (AvgIpc) is 3.45. The zero-order valence-corrected chi connectivity index (χ0v) is 26.1. The SMILES string of the molecule is CCN(CC)c1ccc([C@@H]2c3sc(=O)n(CC(=O)Nc4cccc(C)c4)c3S[C@H]3C(=O)N(c4ccc(F)cc4)C(=O)[C@@H]23)cc1. The van der Waals surface area contributed by atoms with E-state index in [0.29, 0.717) is 21.3 Å². The fourth-order valence-electron chi connectivity index (χ4n) is 6.01. The molecule has 6 rings (SSSR count). The molecule has 3 aromatic carbocycles. The van der Waals surface area contributed by atoms with Crippen LogP contribution in [0.15, 0.2) is 82.6 Å². The highest BCUT2D eigenvalue weighted by Gasteiger charge is 2.56. The van der Waals surface area contributed by atoms with E-state index in [4.69, 9.17) is 0 Å². The predicted octanol–water partition coefficient (Wildman–Crippen LogP) is 5.64. The lowest BCUT2D eigenvalue weighted by molar-refractivity contribution is -0.122. The Labute approximate surface area is 262 Å². The smallest absolute Gasteiger partial charge is 0.308 e. The second kappa shape index (κ2) is 12.0. The number of aromatic nitrogens is 1. The van der Waals surface area contributed by atoms with Gasteiger partial charge < -0.3 is 10.2 Å². The molecule has 1 fully saturated rings. The maximum absolute atomic E-state index is 14.0. The van der Waals surface area contributed by atoms with Crippen LogP contribution in [0.1, 0.15) is 35.8 Å². The first-order valence-electron chi connectivity index (χ1n) is 14.4. The van der Waals surface area contributed by atoms with Crippen LogP contribution in [0.5, 0.6) is 0 Å². The van der Waals surface area contributed by atoms with E-state index in [1.54, 1.807) is 6.07 Å². The van der Waals surface area contributed by atoms with Crippen molar-refractivity contribution in [3.63, 3.8) is 0 Å². The number of benzene rings is 3. The number of fused-ring (bicyclic) bond motifs is 2. The number of anilines is 3. The van der Waals surface area contributed by atoms with Crippen LogP contribution in [0.4, 0.5) is 21.5 Å². The third-order valence-electron chi connectivity index (χ3n) is 8.12. The molecule has 44 heavy (non-hydrogen) atoms. The maximum atomic E-state index is 14.0. The Morgan fingerprint density at radius 2 is 1.66 bits per heavy atom. The van der Waals surface area contributed by atoms with Crippen LogP contribution in [0, 0.1) is 18.7 Å². The fraction of sp³-hybridized carbons (Fsp3) is 0.273. The number of nitrogens with one attached hydrogen (secondary N) is 1. The molecule has 0 unspecified atom stereocenters. The molecular weight excluding hydrogens is 600 g/mol. The molecule has 11 heteroatoms. The molecule has 3 amide bonds. The molecule has 226 valence electrons. The average molecular weight is 631 g/mol. The van der Waals surface area contributed by atoms with E-state index in [0.717, 1.165) is 57.9 Å². The van der Waals surface area contributed by atoms with E-state index in [9.17, 15) is 23.6 Å². The number of thiazole rings is 1. The molecule has 0 radical (unpaired) electrons. The van der Waals surface area contributed by atoms with Crippen LogP contribution in [0.2, 0.25) is 0 Å². The number of thioether (sulfide) groups is 1. The van der Waals surface area contributed by atoms with Crippen molar-refractivity contribution in [2.45, 2.75) is 43.5 Å². The molecule has 1 saturated heterocycles. The lowest BCUT2D eigenvalue weighted by Gasteiger charge is -2.31. The quantitative estimate of drug-likeness (QED) is 0.254. The van der Waals surface area contributed by atoms with E-state index >= 15 is 0 Å². The van der Waals surface area contributed by atoms with Gasteiger partial charge in [-0.15, -0.1) is 0 Å². The summed E-state index contributed by atoms with van der Waals surface area (Å²) in [7, 11) is 0. The van der Waals surface area contributed by atoms with Crippen molar-refractivity contribution >= 4 is 57.9 Å². The lowest BCUT2D eigenvalue weighted by Crippen LogP contribution is -2.33. The predicted molar refractivity (Wildman–Crippen MR) is 172 cm³/mol. The minimum atomic E-state index is -0.826. The minimum absolute atomic E-state index is 0.236. The molecule has 2 aliphatic rings. The van der Waals surface area contributed by atoms with Crippen molar-refractivity contribution in [3.8, 4) is 0 Å². The number of amides is 3. The van der Waals surface area contributed by atoms with Gasteiger partial charge >= 0.3 is 4.87 Å². The Hall–Kier alpha value is -4.22. The number of carbonyl (C=O) groups excluding carboxylic acids is 3. The number of nitrogens with zero attached hydrogens (tertiary/aromatic N) is 3. The topological polar surface area (TPSA) is 91.7 Å². The zero-order valence-electron chi connectivity index (χ0n) is 24.5. The third kappa shape index (κ3) is 5.35. The van der Waals surface area contributed by atoms with E-state index in [1.165, 1.54) is 28.8 Å². The normalized spacial score (nSPS) is 19.1. The van der Waals surface area contributed by atoms with Gasteiger partial charge in [0.2, 0.25) is 17.7 Å². The molecule has 3 heterocycles. The van der Waals surface area contributed by atoms with Gasteiger partial charge in [0.15, 0.2) is 0 Å². The van der Waals surface area contributed by atoms with Crippen molar-refractivity contribution in [3.05, 3.63) is 104 Å². The van der Waals surface area contributed by atoms with Crippen LogP contribution in [0.3, 0.4) is 0 Å². The summed E-state index contributed by atoms with van der Waals surface area (Å²) in [5.74, 6) is -3.03. The highest BCUT2D eigenvalue weighted by molar-refractivity contribution is 8.00. The van der Waals surface area contributed by atoms with Crippen molar-refractivity contribution in [2.75, 3.05) is 28.2 Å². The molecule has 0 saturated carbocycles. The molecule has 0 bridgehead atoms. The molecule has 3 atom stereocenters. The molecule has 1 aromatic heterocycles. The summed E-state index contributed by atoms with van der Waals surface area (Å²) in [6, 6.07) is 20.5. The van der Waals surface area contributed by atoms with Gasteiger partial charge in [-0.3, -0.25) is 23.7 Å². The van der Waals surface area contributed by atoms with Gasteiger partial charge in [-0.1, -0.05) is 47.4 Å². The molecular formula is C33H31FN4O4S2. The third-order valence-corrected chi connectivity index (χ3v) is 10.7. The Morgan fingerprint density at radius 1 is 0.955 bits per heavy atom. The molecule has 0 spiro atoms. The number of imide groups is 1. The van der Waals surface area contributed by atoms with E-state index < -0.39 is 34.7 Å². The number of halogens is 1. The van der Waals surface area contributed by atoms with Gasteiger partial charge in [0.05, 0.1) is 16.6 Å². The van der Waals surface area contributed by atoms with Gasteiger partial charge in [-0.2, -0.15) is 0 Å². The maximum Gasteiger partial charge on any atom is 0.308 e. The summed E-state index contributed by atoms with van der Waals surface area (Å²) < 4.78 is 15.1. The Kier molecular flexibility index (Phi) is 8.17. The first-order valence-corrected chi connectivity index (χ1v) is 16.1. The Balaban J connectivity index is 1.41. The van der Waals surface area contributed by atoms with Crippen molar-refractivity contribution in [1.29, 1.82) is 0 Å². The monoisotopic (exact) mass is 630 g/mol. The van der Waals surface area contributed by atoms with E-state index in [2.05, 4.69) is 24.1 Å². The van der Waals surface area contributed by atoms with Crippen LogP contribution in [0.25, 0.3) is 0 Å². The van der Waals surface area contributed by atoms with Crippen molar-refractivity contribution in [1.82, 2.24) is 4.57 Å². The van der Waals surface area contributed by atoms with Crippen LogP contribution < -0.4 is 20.0 Å². The molecule has 0 aliphatic carbocycles. The number of hydrogen-bond acceptors (Lipinski definition) is 7. The van der Waals surface area contributed by atoms with E-state index in [-0.39, 0.29) is 17.3 Å². The summed E-state index contributed by atoms with van der Waals surface area (Å²) in [6.45, 7) is 7.51. The summed E-state index contributed by atoms with van der Waals surface area (Å²) in [5, 5.41) is 2.54. The van der Waals surface area contributed by atoms with Crippen LogP contribution >= 0.6 is 23.1 Å². The first kappa shape index (κ1) is 29.8. The second-order valence-electron chi connectivity index (χ2n) is 10.8. The second-order valence-corrected chi connectivity index (χ2v) is 13.0. The molecule has 4 aromatic rings. The van der Waals surface area contributed by atoms with Gasteiger partial charge in [-0.25, -0.2) is 9.29 Å². The van der Waals surface area contributed by atoms with Gasteiger partial charge in [0, 0.05) is 35.3 Å². The number of hydrogen-bond donors (Lipinski definition) is 1. The lowest BCUT2D eigenvalue weighted by atomic mass is 9.83. The van der Waals surface area contributed by atoms with Gasteiger partial charge in [-0.05, 0) is 80.4 Å². The van der Waals surface area contributed by atoms with Crippen molar-refractivity contribution < 1.29 is 18.8 Å². The van der Waals surface area contributed by atoms with Crippen molar-refractivity contribution in [2.24, 2.45) is 5.92 Å².